The Kier molecular flexibility index (Phi) is 3.04. The lowest BCUT2D eigenvalue weighted by atomic mass is 9.91. The molecule has 0 aromatic carbocycles. The predicted octanol–water partition coefficient (Wildman–Crippen LogP) is 2.22. The Morgan fingerprint density at radius 1 is 1.58 bits per heavy atom. The topological polar surface area (TPSA) is 40.9 Å². The number of nitrogens with zero attached hydrogens (tertiary/aromatic N) is 1. The van der Waals surface area contributed by atoms with Crippen molar-refractivity contribution in [1.82, 2.24) is 0 Å². The zero-order chi connectivity index (χ0) is 8.97. The molecule has 0 saturated heterocycles. The van der Waals surface area contributed by atoms with Gasteiger partial charge in [0.1, 0.15) is 6.07 Å². The summed E-state index contributed by atoms with van der Waals surface area (Å²) < 4.78 is 0. The molecule has 1 atom stereocenters. The molecular weight excluding hydrogens is 150 g/mol. The third-order valence-corrected chi connectivity index (χ3v) is 2.27. The van der Waals surface area contributed by atoms with Crippen molar-refractivity contribution in [1.29, 1.82) is 5.26 Å². The van der Waals surface area contributed by atoms with E-state index in [1.165, 1.54) is 0 Å². The smallest absolute Gasteiger partial charge is 0.175 e. The molecule has 0 heterocycles. The van der Waals surface area contributed by atoms with Crippen LogP contribution in [0, 0.1) is 17.2 Å². The van der Waals surface area contributed by atoms with Gasteiger partial charge in [-0.1, -0.05) is 19.4 Å². The second-order valence-corrected chi connectivity index (χ2v) is 3.28. The fraction of sp³-hybridized carbons (Fsp3) is 0.600. The fourth-order valence-corrected chi connectivity index (χ4v) is 1.44. The predicted molar refractivity (Wildman–Crippen MR) is 46.3 cm³/mol. The van der Waals surface area contributed by atoms with Gasteiger partial charge in [-0.3, -0.25) is 4.79 Å². The van der Waals surface area contributed by atoms with Crippen LogP contribution in [0.1, 0.15) is 32.6 Å². The van der Waals surface area contributed by atoms with E-state index in [1.807, 2.05) is 13.0 Å². The van der Waals surface area contributed by atoms with Crippen molar-refractivity contribution in [2.24, 2.45) is 5.92 Å². The van der Waals surface area contributed by atoms with E-state index < -0.39 is 0 Å². The van der Waals surface area contributed by atoms with Crippen molar-refractivity contribution in [3.63, 3.8) is 0 Å². The molecule has 1 unspecified atom stereocenters. The highest BCUT2D eigenvalue weighted by molar-refractivity contribution is 6.00. The lowest BCUT2D eigenvalue weighted by molar-refractivity contribution is -0.118. The van der Waals surface area contributed by atoms with Crippen LogP contribution in [0.3, 0.4) is 0 Å². The highest BCUT2D eigenvalue weighted by Crippen LogP contribution is 2.18. The number of hydrogen-bond donors (Lipinski definition) is 0. The zero-order valence-electron chi connectivity index (χ0n) is 7.34. The first kappa shape index (κ1) is 8.99. The molecule has 0 fully saturated rings. The molecule has 1 aliphatic rings. The highest BCUT2D eigenvalue weighted by Gasteiger charge is 2.18. The van der Waals surface area contributed by atoms with Gasteiger partial charge in [-0.2, -0.15) is 5.26 Å². The molecule has 0 radical (unpaired) electrons. The van der Waals surface area contributed by atoms with Crippen LogP contribution in [0.25, 0.3) is 0 Å². The van der Waals surface area contributed by atoms with Gasteiger partial charge in [-0.05, 0) is 19.3 Å². The first-order chi connectivity index (χ1) is 5.75. The van der Waals surface area contributed by atoms with E-state index >= 15 is 0 Å². The summed E-state index contributed by atoms with van der Waals surface area (Å²) in [4.78, 5) is 11.4. The summed E-state index contributed by atoms with van der Waals surface area (Å²) >= 11 is 0. The van der Waals surface area contributed by atoms with E-state index in [2.05, 4.69) is 0 Å². The largest absolute Gasteiger partial charge is 0.293 e. The maximum Gasteiger partial charge on any atom is 0.175 e. The van der Waals surface area contributed by atoms with Crippen LogP contribution in [-0.2, 0) is 4.79 Å². The quantitative estimate of drug-likeness (QED) is 0.549. The van der Waals surface area contributed by atoms with Gasteiger partial charge in [0.25, 0.3) is 0 Å². The third-order valence-electron chi connectivity index (χ3n) is 2.27. The number of ketones is 1. The number of hydrogen-bond acceptors (Lipinski definition) is 2. The van der Waals surface area contributed by atoms with Gasteiger partial charge in [0.05, 0.1) is 5.57 Å². The normalized spacial score (nSPS) is 29.5. The average Bonchev–Trinajstić information content (AvgIpc) is 2.07. The van der Waals surface area contributed by atoms with E-state index in [0.717, 1.165) is 25.7 Å². The van der Waals surface area contributed by atoms with Crippen LogP contribution >= 0.6 is 0 Å². The Bertz CT molecular complexity index is 247. The average molecular weight is 163 g/mol. The molecule has 0 spiro atoms. The standard InChI is InChI=1S/C10H13NO/c1-8-5-3-2-4-6-9(7-11)10(8)12/h6,8H,2-5H2,1H3/b9-6-. The minimum absolute atomic E-state index is 0.0252. The number of carbonyl (C=O) groups is 1. The second-order valence-electron chi connectivity index (χ2n) is 3.28. The summed E-state index contributed by atoms with van der Waals surface area (Å²) in [6, 6.07) is 1.96. The Morgan fingerprint density at radius 2 is 2.33 bits per heavy atom. The number of rotatable bonds is 0. The van der Waals surface area contributed by atoms with Crippen molar-refractivity contribution >= 4 is 5.78 Å². The highest BCUT2D eigenvalue weighted by atomic mass is 16.1. The molecule has 64 valence electrons. The van der Waals surface area contributed by atoms with Gasteiger partial charge < -0.3 is 0 Å². The van der Waals surface area contributed by atoms with Crippen molar-refractivity contribution in [2.45, 2.75) is 32.6 Å². The van der Waals surface area contributed by atoms with Crippen molar-refractivity contribution in [2.75, 3.05) is 0 Å². The number of nitriles is 1. The lowest BCUT2D eigenvalue weighted by Crippen LogP contribution is -2.14. The molecule has 1 rings (SSSR count). The Morgan fingerprint density at radius 3 is 3.00 bits per heavy atom. The van der Waals surface area contributed by atoms with E-state index in [0.29, 0.717) is 5.57 Å². The number of allylic oxidation sites excluding steroid dienone is 2. The van der Waals surface area contributed by atoms with E-state index in [1.54, 1.807) is 6.08 Å². The van der Waals surface area contributed by atoms with Gasteiger partial charge in [0, 0.05) is 5.92 Å². The zero-order valence-corrected chi connectivity index (χ0v) is 7.34. The van der Waals surface area contributed by atoms with Gasteiger partial charge in [0.2, 0.25) is 0 Å². The Hall–Kier alpha value is -1.10. The summed E-state index contributed by atoms with van der Waals surface area (Å²) in [5.41, 5.74) is 0.363. The summed E-state index contributed by atoms with van der Waals surface area (Å²) in [7, 11) is 0. The molecule has 2 heteroatoms. The molecule has 0 bridgehead atoms. The molecule has 0 aromatic heterocycles. The van der Waals surface area contributed by atoms with Crippen LogP contribution in [0.2, 0.25) is 0 Å². The van der Waals surface area contributed by atoms with Crippen LogP contribution in [0.4, 0.5) is 0 Å². The van der Waals surface area contributed by atoms with E-state index in [4.69, 9.17) is 5.26 Å². The van der Waals surface area contributed by atoms with Gasteiger partial charge in [-0.25, -0.2) is 0 Å². The minimum Gasteiger partial charge on any atom is -0.293 e. The maximum atomic E-state index is 11.4. The molecule has 2 nitrogen and oxygen atoms in total. The van der Waals surface area contributed by atoms with Gasteiger partial charge in [0.15, 0.2) is 5.78 Å². The van der Waals surface area contributed by atoms with Gasteiger partial charge >= 0.3 is 0 Å². The van der Waals surface area contributed by atoms with Crippen molar-refractivity contribution in [3.05, 3.63) is 11.6 Å². The second kappa shape index (κ2) is 4.06. The fourth-order valence-electron chi connectivity index (χ4n) is 1.44. The van der Waals surface area contributed by atoms with Crippen molar-refractivity contribution < 1.29 is 4.79 Å². The minimum atomic E-state index is 0.0252. The van der Waals surface area contributed by atoms with Crippen LogP contribution in [0.5, 0.6) is 0 Å². The molecule has 0 amide bonds. The molecule has 0 saturated carbocycles. The lowest BCUT2D eigenvalue weighted by Gasteiger charge is -2.11. The van der Waals surface area contributed by atoms with Gasteiger partial charge in [-0.15, -0.1) is 0 Å². The Labute approximate surface area is 72.9 Å². The maximum absolute atomic E-state index is 11.4. The SMILES string of the molecule is CC1CCCC/C=C(/C#N)C1=O. The van der Waals surface area contributed by atoms with E-state index in [9.17, 15) is 4.79 Å². The van der Waals surface area contributed by atoms with Crippen LogP contribution in [0.15, 0.2) is 11.6 Å². The summed E-state index contributed by atoms with van der Waals surface area (Å²) in [5, 5.41) is 8.66. The number of carbonyl (C=O) groups excluding carboxylic acids is 1. The monoisotopic (exact) mass is 163 g/mol. The Balaban J connectivity index is 2.81. The summed E-state index contributed by atoms with van der Waals surface area (Å²) in [6.07, 6.45) is 5.78. The molecule has 0 aromatic rings. The first-order valence-electron chi connectivity index (χ1n) is 4.40. The summed E-state index contributed by atoms with van der Waals surface area (Å²) in [5.74, 6) is 0.0633. The molecule has 1 aliphatic carbocycles. The third kappa shape index (κ3) is 1.94. The van der Waals surface area contributed by atoms with Crippen LogP contribution < -0.4 is 0 Å². The molecule has 0 N–H and O–H groups in total. The number of Topliss-reactive ketones (excluding diaryl/α,β-unsaturated/α-hetero) is 1. The molecule has 12 heavy (non-hydrogen) atoms. The van der Waals surface area contributed by atoms with Crippen LogP contribution in [-0.4, -0.2) is 5.78 Å². The van der Waals surface area contributed by atoms with Crippen molar-refractivity contribution in [3.8, 4) is 6.07 Å². The molecular formula is C10H13NO. The summed E-state index contributed by atoms with van der Waals surface area (Å²) in [6.45, 7) is 1.90. The van der Waals surface area contributed by atoms with E-state index in [-0.39, 0.29) is 11.7 Å². The first-order valence-corrected chi connectivity index (χ1v) is 4.40. The molecule has 0 aliphatic heterocycles.